The zero-order valence-electron chi connectivity index (χ0n) is 13.1. The molecule has 7 heteroatoms. The molecular formula is C17H16N4O3. The summed E-state index contributed by atoms with van der Waals surface area (Å²) < 4.78 is 7.12. The molecule has 122 valence electrons. The zero-order valence-corrected chi connectivity index (χ0v) is 13.1. The molecule has 3 aromatic rings. The van der Waals surface area contributed by atoms with Crippen LogP contribution in [-0.4, -0.2) is 56.8 Å². The summed E-state index contributed by atoms with van der Waals surface area (Å²) in [7, 11) is 2.01. The van der Waals surface area contributed by atoms with E-state index in [1.165, 1.54) is 4.52 Å². The van der Waals surface area contributed by atoms with Gasteiger partial charge in [0, 0.05) is 24.7 Å². The molecule has 1 aliphatic heterocycles. The topological polar surface area (TPSA) is 80.0 Å². The number of hydrogen-bond acceptors (Lipinski definition) is 5. The molecule has 4 rings (SSSR count). The molecule has 1 N–H and O–H groups in total. The number of aromatic carboxylic acids is 1. The van der Waals surface area contributed by atoms with Crippen molar-refractivity contribution in [3.63, 3.8) is 0 Å². The predicted octanol–water partition coefficient (Wildman–Crippen LogP) is 1.79. The monoisotopic (exact) mass is 324 g/mol. The number of carboxylic acid groups (broad SMARTS) is 1. The highest BCUT2D eigenvalue weighted by Crippen LogP contribution is 2.25. The fourth-order valence-electron chi connectivity index (χ4n) is 2.86. The Morgan fingerprint density at radius 3 is 2.62 bits per heavy atom. The summed E-state index contributed by atoms with van der Waals surface area (Å²) in [6.07, 6.45) is 0.0883. The van der Waals surface area contributed by atoms with Crippen LogP contribution in [0.3, 0.4) is 0 Å². The van der Waals surface area contributed by atoms with Crippen molar-refractivity contribution in [1.29, 1.82) is 0 Å². The maximum atomic E-state index is 11.8. The average Bonchev–Trinajstić information content (AvgIpc) is 2.93. The normalized spacial score (nSPS) is 15.4. The van der Waals surface area contributed by atoms with E-state index in [0.29, 0.717) is 17.2 Å². The highest BCUT2D eigenvalue weighted by molar-refractivity contribution is 5.94. The number of likely N-dealkylation sites (tertiary alicyclic amines) is 1. The molecule has 0 amide bonds. The van der Waals surface area contributed by atoms with Crippen LogP contribution >= 0.6 is 0 Å². The molecule has 1 fully saturated rings. The molecule has 0 atom stereocenters. The van der Waals surface area contributed by atoms with E-state index >= 15 is 0 Å². The number of hydrogen-bond donors (Lipinski definition) is 1. The van der Waals surface area contributed by atoms with Gasteiger partial charge in [-0.3, -0.25) is 4.90 Å². The Balaban J connectivity index is 1.78. The predicted molar refractivity (Wildman–Crippen MR) is 87.3 cm³/mol. The maximum Gasteiger partial charge on any atom is 0.356 e. The minimum Gasteiger partial charge on any atom is -0.476 e. The van der Waals surface area contributed by atoms with Crippen molar-refractivity contribution < 1.29 is 14.6 Å². The second-order valence-corrected chi connectivity index (χ2v) is 5.88. The first-order valence-corrected chi connectivity index (χ1v) is 7.65. The van der Waals surface area contributed by atoms with Gasteiger partial charge in [-0.25, -0.2) is 14.3 Å². The van der Waals surface area contributed by atoms with E-state index in [4.69, 9.17) is 4.74 Å². The number of ether oxygens (including phenoxy) is 1. The first-order chi connectivity index (χ1) is 11.6. The van der Waals surface area contributed by atoms with Crippen LogP contribution in [0.4, 0.5) is 0 Å². The molecule has 0 spiro atoms. The van der Waals surface area contributed by atoms with Crippen molar-refractivity contribution in [2.24, 2.45) is 0 Å². The van der Waals surface area contributed by atoms with Gasteiger partial charge in [-0.05, 0) is 13.1 Å². The Bertz CT molecular complexity index is 901. The van der Waals surface area contributed by atoms with Crippen LogP contribution in [0, 0.1) is 0 Å². The van der Waals surface area contributed by atoms with Crippen molar-refractivity contribution >= 4 is 11.6 Å². The van der Waals surface area contributed by atoms with E-state index in [2.05, 4.69) is 15.0 Å². The Morgan fingerprint density at radius 2 is 1.96 bits per heavy atom. The second kappa shape index (κ2) is 5.61. The van der Waals surface area contributed by atoms with Crippen LogP contribution in [0.5, 0.6) is 5.88 Å². The van der Waals surface area contributed by atoms with Crippen molar-refractivity contribution in [3.8, 4) is 17.1 Å². The van der Waals surface area contributed by atoms with Gasteiger partial charge in [0.05, 0.1) is 0 Å². The number of imidazole rings is 1. The molecule has 2 aromatic heterocycles. The quantitative estimate of drug-likeness (QED) is 0.788. The molecule has 7 nitrogen and oxygen atoms in total. The zero-order chi connectivity index (χ0) is 16.7. The number of likely N-dealkylation sites (N-methyl/N-ethyl adjacent to an activating group) is 1. The molecule has 0 aliphatic carbocycles. The van der Waals surface area contributed by atoms with Gasteiger partial charge in [0.15, 0.2) is 11.3 Å². The van der Waals surface area contributed by atoms with Gasteiger partial charge in [-0.1, -0.05) is 30.3 Å². The lowest BCUT2D eigenvalue weighted by atomic mass is 10.1. The summed E-state index contributed by atoms with van der Waals surface area (Å²) in [6.45, 7) is 1.68. The third-order valence-electron chi connectivity index (χ3n) is 4.02. The maximum absolute atomic E-state index is 11.8. The van der Waals surface area contributed by atoms with Crippen molar-refractivity contribution in [2.75, 3.05) is 20.1 Å². The molecule has 1 aliphatic rings. The van der Waals surface area contributed by atoms with E-state index in [1.54, 1.807) is 12.1 Å². The van der Waals surface area contributed by atoms with Gasteiger partial charge in [-0.15, -0.1) is 5.10 Å². The van der Waals surface area contributed by atoms with Crippen LogP contribution < -0.4 is 4.74 Å². The Hall–Kier alpha value is -2.93. The second-order valence-electron chi connectivity index (χ2n) is 5.88. The number of fused-ring (bicyclic) bond motifs is 1. The largest absolute Gasteiger partial charge is 0.476 e. The summed E-state index contributed by atoms with van der Waals surface area (Å²) in [6, 6.07) is 12.7. The molecular weight excluding hydrogens is 308 g/mol. The van der Waals surface area contributed by atoms with Gasteiger partial charge in [-0.2, -0.15) is 0 Å². The lowest BCUT2D eigenvalue weighted by Crippen LogP contribution is -2.51. The lowest BCUT2D eigenvalue weighted by molar-refractivity contribution is 0.0346. The van der Waals surface area contributed by atoms with Gasteiger partial charge < -0.3 is 9.84 Å². The van der Waals surface area contributed by atoms with Crippen LogP contribution in [-0.2, 0) is 0 Å². The molecule has 1 saturated heterocycles. The van der Waals surface area contributed by atoms with Crippen molar-refractivity contribution in [3.05, 3.63) is 48.2 Å². The van der Waals surface area contributed by atoms with Crippen LogP contribution in [0.15, 0.2) is 42.5 Å². The van der Waals surface area contributed by atoms with Crippen molar-refractivity contribution in [2.45, 2.75) is 6.10 Å². The molecule has 3 heterocycles. The number of rotatable bonds is 4. The average molecular weight is 324 g/mol. The highest BCUT2D eigenvalue weighted by atomic mass is 16.5. The standard InChI is InChI=1S/C17H16N4O3/c1-20-9-12(10-20)24-14-8-7-13-18-15(11-5-3-2-4-6-11)16(17(22)23)21(13)19-14/h2-8,12H,9-10H2,1H3,(H,22,23). The van der Waals surface area contributed by atoms with E-state index in [1.807, 2.05) is 37.4 Å². The van der Waals surface area contributed by atoms with Gasteiger partial charge in [0.2, 0.25) is 5.88 Å². The van der Waals surface area contributed by atoms with E-state index in [9.17, 15) is 9.90 Å². The summed E-state index contributed by atoms with van der Waals surface area (Å²) in [5.74, 6) is -0.672. The molecule has 24 heavy (non-hydrogen) atoms. The number of nitrogens with zero attached hydrogens (tertiary/aromatic N) is 4. The fourth-order valence-corrected chi connectivity index (χ4v) is 2.86. The SMILES string of the molecule is CN1CC(Oc2ccc3nc(-c4ccccc4)c(C(=O)O)n3n2)C1. The Morgan fingerprint density at radius 1 is 1.21 bits per heavy atom. The number of carboxylic acids is 1. The first-order valence-electron chi connectivity index (χ1n) is 7.65. The third-order valence-corrected chi connectivity index (χ3v) is 4.02. The lowest BCUT2D eigenvalue weighted by Gasteiger charge is -2.35. The summed E-state index contributed by atoms with van der Waals surface area (Å²) in [5, 5.41) is 14.0. The number of aromatic nitrogens is 3. The molecule has 0 radical (unpaired) electrons. The van der Waals surface area contributed by atoms with E-state index in [-0.39, 0.29) is 11.8 Å². The highest BCUT2D eigenvalue weighted by Gasteiger charge is 2.26. The molecule has 1 aromatic carbocycles. The molecule has 0 unspecified atom stereocenters. The summed E-state index contributed by atoms with van der Waals surface area (Å²) in [5.41, 5.74) is 1.65. The molecule has 0 saturated carbocycles. The fraction of sp³-hybridized carbons (Fsp3) is 0.235. The Labute approximate surface area is 138 Å². The third kappa shape index (κ3) is 2.48. The van der Waals surface area contributed by atoms with Gasteiger partial charge >= 0.3 is 5.97 Å². The van der Waals surface area contributed by atoms with E-state index in [0.717, 1.165) is 18.7 Å². The first kappa shape index (κ1) is 14.6. The minimum atomic E-state index is -1.07. The summed E-state index contributed by atoms with van der Waals surface area (Å²) >= 11 is 0. The molecule has 0 bridgehead atoms. The smallest absolute Gasteiger partial charge is 0.356 e. The van der Waals surface area contributed by atoms with Crippen LogP contribution in [0.25, 0.3) is 16.9 Å². The van der Waals surface area contributed by atoms with E-state index < -0.39 is 5.97 Å². The van der Waals surface area contributed by atoms with Crippen LogP contribution in [0.1, 0.15) is 10.5 Å². The van der Waals surface area contributed by atoms with Crippen LogP contribution in [0.2, 0.25) is 0 Å². The Kier molecular flexibility index (Phi) is 3.42. The van der Waals surface area contributed by atoms with Gasteiger partial charge in [0.1, 0.15) is 11.8 Å². The van der Waals surface area contributed by atoms with Crippen molar-refractivity contribution in [1.82, 2.24) is 19.5 Å². The minimum absolute atomic E-state index is 0.0346. The van der Waals surface area contributed by atoms with Gasteiger partial charge in [0.25, 0.3) is 0 Å². The number of benzene rings is 1. The number of carbonyl (C=O) groups is 1. The summed E-state index contributed by atoms with van der Waals surface area (Å²) in [4.78, 5) is 18.3.